The third-order valence-electron chi connectivity index (χ3n) is 10.5. The zero-order valence-corrected chi connectivity index (χ0v) is 19.9. The number of aromatic nitrogens is 3. The molecule has 0 spiro atoms. The maximum Gasteiger partial charge on any atom is 0.157 e. The van der Waals surface area contributed by atoms with E-state index in [1.165, 1.54) is 12.1 Å². The summed E-state index contributed by atoms with van der Waals surface area (Å²) < 4.78 is 28.8. The molecule has 184 valence electrons. The maximum absolute atomic E-state index is 13.8. The van der Waals surface area contributed by atoms with Crippen LogP contribution >= 0.6 is 0 Å². The molecule has 4 fully saturated rings. The summed E-state index contributed by atoms with van der Waals surface area (Å²) in [6.07, 6.45) is 8.56. The standard InChI is InChI=1S/C27H35F2N3O2/c1-26-10-8-19-18-9-11-27(34,15-28)13-16(18)2-4-20(19)21(26)5-6-22(26)25(33)14-32-24-12-17(29)3-7-23(24)30-31-32/h3,7,12,16,18-22,34H,2,4-6,8-11,13-15H2,1H3/t16-,18+,19-,20-,21+,22-,26+,27-/m1/s1. The Kier molecular flexibility index (Phi) is 5.36. The Morgan fingerprint density at radius 3 is 2.76 bits per heavy atom. The number of Topliss-reactive ketones (excluding diaryl/α,β-unsaturated/α-hetero) is 1. The highest BCUT2D eigenvalue weighted by Crippen LogP contribution is 2.64. The van der Waals surface area contributed by atoms with E-state index in [-0.39, 0.29) is 29.5 Å². The molecule has 7 heteroatoms. The van der Waals surface area contributed by atoms with Crippen LogP contribution in [0.5, 0.6) is 0 Å². The molecule has 0 unspecified atom stereocenters. The fraction of sp³-hybridized carbons (Fsp3) is 0.741. The van der Waals surface area contributed by atoms with Gasteiger partial charge in [0.2, 0.25) is 0 Å². The molecule has 34 heavy (non-hydrogen) atoms. The zero-order chi connectivity index (χ0) is 23.7. The minimum absolute atomic E-state index is 0.00106. The summed E-state index contributed by atoms with van der Waals surface area (Å²) in [5.41, 5.74) is 0.0760. The van der Waals surface area contributed by atoms with Crippen molar-refractivity contribution in [1.29, 1.82) is 0 Å². The van der Waals surface area contributed by atoms with E-state index in [2.05, 4.69) is 17.2 Å². The van der Waals surface area contributed by atoms with E-state index in [0.29, 0.717) is 53.5 Å². The molecule has 0 radical (unpaired) electrons. The first-order chi connectivity index (χ1) is 16.3. The molecule has 0 amide bonds. The summed E-state index contributed by atoms with van der Waals surface area (Å²) in [6, 6.07) is 4.37. The predicted octanol–water partition coefficient (Wildman–Crippen LogP) is 5.11. The van der Waals surface area contributed by atoms with Crippen molar-refractivity contribution in [3.05, 3.63) is 24.0 Å². The molecule has 4 aliphatic rings. The van der Waals surface area contributed by atoms with Crippen LogP contribution in [0.25, 0.3) is 11.0 Å². The van der Waals surface area contributed by atoms with Crippen LogP contribution in [-0.2, 0) is 11.3 Å². The van der Waals surface area contributed by atoms with E-state index in [9.17, 15) is 18.7 Å². The van der Waals surface area contributed by atoms with Gasteiger partial charge >= 0.3 is 0 Å². The maximum atomic E-state index is 13.8. The van der Waals surface area contributed by atoms with Gasteiger partial charge in [-0.1, -0.05) is 12.1 Å². The number of alkyl halides is 1. The SMILES string of the molecule is C[C@]12CC[C@H]3[C@@H](CC[C@@H]4C[C@@](O)(CF)CC[C@@H]43)[C@@H]1CC[C@@H]2C(=O)Cn1nnc2ccc(F)cc21. The van der Waals surface area contributed by atoms with Crippen molar-refractivity contribution in [3.63, 3.8) is 0 Å². The summed E-state index contributed by atoms with van der Waals surface area (Å²) in [6.45, 7) is 1.85. The van der Waals surface area contributed by atoms with Crippen molar-refractivity contribution in [3.8, 4) is 0 Å². The second-order valence-electron chi connectivity index (χ2n) is 12.1. The third-order valence-corrected chi connectivity index (χ3v) is 10.5. The quantitative estimate of drug-likeness (QED) is 0.673. The van der Waals surface area contributed by atoms with Gasteiger partial charge in [0, 0.05) is 12.0 Å². The minimum atomic E-state index is -1.10. The number of ketones is 1. The van der Waals surface area contributed by atoms with Gasteiger partial charge in [-0.25, -0.2) is 13.5 Å². The summed E-state index contributed by atoms with van der Waals surface area (Å²) in [7, 11) is 0. The van der Waals surface area contributed by atoms with Gasteiger partial charge in [0.15, 0.2) is 5.78 Å². The Hall–Kier alpha value is -1.89. The molecule has 4 saturated carbocycles. The van der Waals surface area contributed by atoms with Crippen LogP contribution in [0.15, 0.2) is 18.2 Å². The number of halogens is 2. The first-order valence-corrected chi connectivity index (χ1v) is 13.1. The van der Waals surface area contributed by atoms with Crippen LogP contribution in [0.1, 0.15) is 64.7 Å². The fourth-order valence-electron chi connectivity index (χ4n) is 8.93. The fourth-order valence-corrected chi connectivity index (χ4v) is 8.93. The van der Waals surface area contributed by atoms with Crippen molar-refractivity contribution in [2.75, 3.05) is 6.67 Å². The van der Waals surface area contributed by atoms with Crippen molar-refractivity contribution >= 4 is 16.8 Å². The van der Waals surface area contributed by atoms with Crippen LogP contribution in [0.3, 0.4) is 0 Å². The Balaban J connectivity index is 1.19. The number of benzene rings is 1. The van der Waals surface area contributed by atoms with E-state index in [4.69, 9.17) is 0 Å². The summed E-state index contributed by atoms with van der Waals surface area (Å²) in [5, 5.41) is 18.8. The van der Waals surface area contributed by atoms with Gasteiger partial charge in [-0.2, -0.15) is 0 Å². The van der Waals surface area contributed by atoms with Crippen LogP contribution in [-0.4, -0.2) is 38.2 Å². The second-order valence-corrected chi connectivity index (χ2v) is 12.1. The lowest BCUT2D eigenvalue weighted by atomic mass is 9.49. The highest BCUT2D eigenvalue weighted by molar-refractivity contribution is 5.84. The Labute approximate surface area is 199 Å². The average molecular weight is 472 g/mol. The van der Waals surface area contributed by atoms with Crippen LogP contribution < -0.4 is 0 Å². The van der Waals surface area contributed by atoms with Crippen molar-refractivity contribution in [2.45, 2.75) is 76.9 Å². The molecule has 1 heterocycles. The van der Waals surface area contributed by atoms with Gasteiger partial charge in [0.1, 0.15) is 24.6 Å². The highest BCUT2D eigenvalue weighted by Gasteiger charge is 2.59. The zero-order valence-electron chi connectivity index (χ0n) is 19.9. The van der Waals surface area contributed by atoms with E-state index >= 15 is 0 Å². The first-order valence-electron chi connectivity index (χ1n) is 13.1. The third kappa shape index (κ3) is 3.44. The summed E-state index contributed by atoms with van der Waals surface area (Å²) in [4.78, 5) is 13.5. The predicted molar refractivity (Wildman–Crippen MR) is 124 cm³/mol. The Morgan fingerprint density at radius 1 is 1.12 bits per heavy atom. The number of hydrogen-bond acceptors (Lipinski definition) is 4. The normalized spacial score (nSPS) is 41.6. The van der Waals surface area contributed by atoms with Gasteiger partial charge in [-0.3, -0.25) is 4.79 Å². The van der Waals surface area contributed by atoms with E-state index in [0.717, 1.165) is 44.9 Å². The van der Waals surface area contributed by atoms with Gasteiger partial charge in [-0.15, -0.1) is 5.10 Å². The number of fused-ring (bicyclic) bond motifs is 6. The van der Waals surface area contributed by atoms with Gasteiger partial charge < -0.3 is 5.11 Å². The second kappa shape index (κ2) is 8.07. The topological polar surface area (TPSA) is 68.0 Å². The molecule has 0 saturated heterocycles. The number of rotatable bonds is 4. The molecule has 4 aliphatic carbocycles. The summed E-state index contributed by atoms with van der Waals surface area (Å²) in [5.74, 6) is 2.73. The minimum Gasteiger partial charge on any atom is -0.387 e. The number of hydrogen-bond donors (Lipinski definition) is 1. The van der Waals surface area contributed by atoms with Crippen molar-refractivity contribution in [2.24, 2.45) is 40.9 Å². The lowest BCUT2D eigenvalue weighted by Crippen LogP contribution is -2.52. The smallest absolute Gasteiger partial charge is 0.157 e. The molecule has 1 aromatic carbocycles. The molecule has 1 N–H and O–H groups in total. The van der Waals surface area contributed by atoms with Crippen LogP contribution in [0, 0.1) is 46.7 Å². The molecule has 1 aromatic heterocycles. The lowest BCUT2D eigenvalue weighted by Gasteiger charge is -2.56. The van der Waals surface area contributed by atoms with Gasteiger partial charge in [0.25, 0.3) is 0 Å². The van der Waals surface area contributed by atoms with E-state index in [1.807, 2.05) is 0 Å². The van der Waals surface area contributed by atoms with Crippen LogP contribution in [0.4, 0.5) is 8.78 Å². The largest absolute Gasteiger partial charge is 0.387 e. The lowest BCUT2D eigenvalue weighted by molar-refractivity contribution is -0.134. The molecule has 0 aliphatic heterocycles. The van der Waals surface area contributed by atoms with Gasteiger partial charge in [0.05, 0.1) is 11.1 Å². The average Bonchev–Trinajstić information content (AvgIpc) is 3.39. The van der Waals surface area contributed by atoms with E-state index in [1.54, 1.807) is 10.7 Å². The molecular formula is C27H35F2N3O2. The summed E-state index contributed by atoms with van der Waals surface area (Å²) >= 11 is 0. The van der Waals surface area contributed by atoms with Crippen molar-refractivity contribution < 1.29 is 18.7 Å². The number of nitrogens with zero attached hydrogens (tertiary/aromatic N) is 3. The number of carbonyl (C=O) groups is 1. The molecule has 5 nitrogen and oxygen atoms in total. The molecule has 0 bridgehead atoms. The molecule has 2 aromatic rings. The monoisotopic (exact) mass is 471 g/mol. The van der Waals surface area contributed by atoms with Crippen LogP contribution in [0.2, 0.25) is 0 Å². The highest BCUT2D eigenvalue weighted by atomic mass is 19.1. The molecular weight excluding hydrogens is 436 g/mol. The Bertz CT molecular complexity index is 1100. The van der Waals surface area contributed by atoms with Crippen molar-refractivity contribution in [1.82, 2.24) is 15.0 Å². The van der Waals surface area contributed by atoms with E-state index < -0.39 is 12.3 Å². The molecule has 8 atom stereocenters. The van der Waals surface area contributed by atoms with Gasteiger partial charge in [-0.05, 0) is 105 Å². The number of carbonyl (C=O) groups excluding carboxylic acids is 1. The number of aliphatic hydroxyl groups is 1. The Morgan fingerprint density at radius 2 is 1.94 bits per heavy atom. The first kappa shape index (κ1) is 22.6. The molecule has 6 rings (SSSR count).